The van der Waals surface area contributed by atoms with Gasteiger partial charge in [0, 0.05) is 29.7 Å². The molecular weight excluding hydrogens is 362 g/mol. The summed E-state index contributed by atoms with van der Waals surface area (Å²) < 4.78 is 10.7. The van der Waals surface area contributed by atoms with Crippen LogP contribution in [0.15, 0.2) is 69.4 Å². The molecule has 0 aliphatic rings. The minimum Gasteiger partial charge on any atom is -0.423 e. The zero-order valence-electron chi connectivity index (χ0n) is 15.3. The van der Waals surface area contributed by atoms with Crippen LogP contribution in [0, 0.1) is 10.1 Å². The lowest BCUT2D eigenvalue weighted by atomic mass is 10.1. The predicted octanol–water partition coefficient (Wildman–Crippen LogP) is 4.43. The highest BCUT2D eigenvalue weighted by Crippen LogP contribution is 2.27. The van der Waals surface area contributed by atoms with E-state index < -0.39 is 16.5 Å². The van der Waals surface area contributed by atoms with Gasteiger partial charge in [0.15, 0.2) is 0 Å². The number of carbonyl (C=O) groups excluding carboxylic acids is 1. The van der Waals surface area contributed by atoms with Gasteiger partial charge in [-0.2, -0.15) is 0 Å². The SMILES string of the molecule is CC(C)=CCc1cc2ccc(=O)oc2cc1OC(=O)c1cccc([N+](=O)[O-])c1. The number of allylic oxidation sites excluding steroid dienone is 2. The molecule has 7 heteroatoms. The molecule has 0 aliphatic carbocycles. The number of nitrogens with zero attached hydrogens (tertiary/aromatic N) is 1. The van der Waals surface area contributed by atoms with Crippen LogP contribution in [0.25, 0.3) is 11.0 Å². The molecule has 7 nitrogen and oxygen atoms in total. The first-order valence-electron chi connectivity index (χ1n) is 8.50. The minimum atomic E-state index is -0.736. The molecule has 0 spiro atoms. The van der Waals surface area contributed by atoms with Crippen LogP contribution < -0.4 is 10.4 Å². The first-order valence-corrected chi connectivity index (χ1v) is 8.50. The largest absolute Gasteiger partial charge is 0.423 e. The molecule has 2 aromatic carbocycles. The van der Waals surface area contributed by atoms with Gasteiger partial charge < -0.3 is 9.15 Å². The van der Waals surface area contributed by atoms with Crippen molar-refractivity contribution in [3.63, 3.8) is 0 Å². The van der Waals surface area contributed by atoms with Gasteiger partial charge in [-0.05, 0) is 44.0 Å². The van der Waals surface area contributed by atoms with Gasteiger partial charge >= 0.3 is 11.6 Å². The normalized spacial score (nSPS) is 10.5. The molecular formula is C21H17NO6. The van der Waals surface area contributed by atoms with Crippen molar-refractivity contribution in [2.24, 2.45) is 0 Å². The summed E-state index contributed by atoms with van der Waals surface area (Å²) in [5.74, 6) is -0.504. The van der Waals surface area contributed by atoms with Crippen molar-refractivity contribution in [1.82, 2.24) is 0 Å². The molecule has 0 amide bonds. The number of non-ortho nitro benzene ring substituents is 1. The second-order valence-electron chi connectivity index (χ2n) is 6.43. The Bertz CT molecular complexity index is 1160. The van der Waals surface area contributed by atoms with Gasteiger partial charge in [0.05, 0.1) is 10.5 Å². The van der Waals surface area contributed by atoms with Crippen molar-refractivity contribution < 1.29 is 18.9 Å². The van der Waals surface area contributed by atoms with Crippen LogP contribution >= 0.6 is 0 Å². The molecule has 28 heavy (non-hydrogen) atoms. The van der Waals surface area contributed by atoms with E-state index in [0.717, 1.165) is 17.2 Å². The smallest absolute Gasteiger partial charge is 0.343 e. The van der Waals surface area contributed by atoms with E-state index in [1.807, 2.05) is 19.9 Å². The molecule has 0 N–H and O–H groups in total. The third-order valence-electron chi connectivity index (χ3n) is 4.03. The summed E-state index contributed by atoms with van der Waals surface area (Å²) in [5.41, 5.74) is 1.44. The molecule has 3 aromatic rings. The number of ether oxygens (including phenoxy) is 1. The summed E-state index contributed by atoms with van der Waals surface area (Å²) >= 11 is 0. The number of hydrogen-bond acceptors (Lipinski definition) is 6. The Labute approximate surface area is 160 Å². The van der Waals surface area contributed by atoms with Crippen LogP contribution in [0.3, 0.4) is 0 Å². The molecule has 0 saturated carbocycles. The fourth-order valence-corrected chi connectivity index (χ4v) is 2.62. The number of fused-ring (bicyclic) bond motifs is 1. The van der Waals surface area contributed by atoms with Crippen molar-refractivity contribution in [3.8, 4) is 5.75 Å². The lowest BCUT2D eigenvalue weighted by Crippen LogP contribution is -2.10. The van der Waals surface area contributed by atoms with E-state index >= 15 is 0 Å². The van der Waals surface area contributed by atoms with Gasteiger partial charge in [-0.1, -0.05) is 17.7 Å². The number of nitro groups is 1. The number of nitro benzene ring substituents is 1. The van der Waals surface area contributed by atoms with Gasteiger partial charge in [-0.15, -0.1) is 0 Å². The number of carbonyl (C=O) groups is 1. The van der Waals surface area contributed by atoms with Crippen molar-refractivity contribution in [3.05, 3.63) is 91.8 Å². The maximum atomic E-state index is 12.5. The van der Waals surface area contributed by atoms with E-state index in [1.54, 1.807) is 12.1 Å². The number of esters is 1. The third kappa shape index (κ3) is 4.32. The van der Waals surface area contributed by atoms with Crippen LogP contribution in [0.1, 0.15) is 29.8 Å². The second-order valence-corrected chi connectivity index (χ2v) is 6.43. The van der Waals surface area contributed by atoms with E-state index in [-0.39, 0.29) is 22.6 Å². The van der Waals surface area contributed by atoms with Gasteiger partial charge in [0.1, 0.15) is 11.3 Å². The summed E-state index contributed by atoms with van der Waals surface area (Å²) in [6.07, 6.45) is 2.49. The highest BCUT2D eigenvalue weighted by Gasteiger charge is 2.16. The van der Waals surface area contributed by atoms with Gasteiger partial charge in [-0.3, -0.25) is 10.1 Å². The van der Waals surface area contributed by atoms with Gasteiger partial charge in [-0.25, -0.2) is 9.59 Å². The average Bonchev–Trinajstić information content (AvgIpc) is 2.66. The summed E-state index contributed by atoms with van der Waals surface area (Å²) in [6, 6.07) is 11.5. The summed E-state index contributed by atoms with van der Waals surface area (Å²) in [7, 11) is 0. The Morgan fingerprint density at radius 3 is 2.68 bits per heavy atom. The Morgan fingerprint density at radius 2 is 1.96 bits per heavy atom. The standard InChI is InChI=1S/C21H17NO6/c1-13(2)6-7-14-10-15-8-9-20(23)27-18(15)12-19(14)28-21(24)16-4-3-5-17(11-16)22(25)26/h3-6,8-12H,7H2,1-2H3. The first kappa shape index (κ1) is 19.0. The average molecular weight is 379 g/mol. The second kappa shape index (κ2) is 7.87. The van der Waals surface area contributed by atoms with E-state index in [0.29, 0.717) is 11.8 Å². The van der Waals surface area contributed by atoms with Crippen LogP contribution in [-0.2, 0) is 6.42 Å². The quantitative estimate of drug-likeness (QED) is 0.162. The topological polar surface area (TPSA) is 99.7 Å². The lowest BCUT2D eigenvalue weighted by molar-refractivity contribution is -0.384. The molecule has 0 fully saturated rings. The zero-order chi connectivity index (χ0) is 20.3. The fourth-order valence-electron chi connectivity index (χ4n) is 2.62. The molecule has 0 unspecified atom stereocenters. The summed E-state index contributed by atoms with van der Waals surface area (Å²) in [6.45, 7) is 3.91. The van der Waals surface area contributed by atoms with Crippen molar-refractivity contribution >= 4 is 22.6 Å². The van der Waals surface area contributed by atoms with Crippen LogP contribution in [-0.4, -0.2) is 10.9 Å². The van der Waals surface area contributed by atoms with Crippen LogP contribution in [0.4, 0.5) is 5.69 Å². The highest BCUT2D eigenvalue weighted by molar-refractivity contribution is 5.92. The predicted molar refractivity (Wildman–Crippen MR) is 104 cm³/mol. The molecule has 0 radical (unpaired) electrons. The minimum absolute atomic E-state index is 0.0528. The molecule has 0 saturated heterocycles. The van der Waals surface area contributed by atoms with Crippen molar-refractivity contribution in [1.29, 1.82) is 0 Å². The highest BCUT2D eigenvalue weighted by atomic mass is 16.6. The van der Waals surface area contributed by atoms with Crippen molar-refractivity contribution in [2.45, 2.75) is 20.3 Å². The molecule has 0 atom stereocenters. The van der Waals surface area contributed by atoms with E-state index in [9.17, 15) is 19.7 Å². The van der Waals surface area contributed by atoms with Crippen LogP contribution in [0.2, 0.25) is 0 Å². The van der Waals surface area contributed by atoms with Gasteiger partial charge in [0.2, 0.25) is 0 Å². The summed E-state index contributed by atoms with van der Waals surface area (Å²) in [5, 5.41) is 11.6. The Hall–Kier alpha value is -3.74. The monoisotopic (exact) mass is 379 g/mol. The fraction of sp³-hybridized carbons (Fsp3) is 0.143. The van der Waals surface area contributed by atoms with E-state index in [2.05, 4.69) is 0 Å². The Kier molecular flexibility index (Phi) is 5.35. The molecule has 142 valence electrons. The van der Waals surface area contributed by atoms with Crippen molar-refractivity contribution in [2.75, 3.05) is 0 Å². The van der Waals surface area contributed by atoms with Gasteiger partial charge in [0.25, 0.3) is 5.69 Å². The molecule has 0 aliphatic heterocycles. The maximum absolute atomic E-state index is 12.5. The van der Waals surface area contributed by atoms with Crippen LogP contribution in [0.5, 0.6) is 5.75 Å². The molecule has 1 heterocycles. The zero-order valence-corrected chi connectivity index (χ0v) is 15.3. The Morgan fingerprint density at radius 1 is 1.18 bits per heavy atom. The third-order valence-corrected chi connectivity index (χ3v) is 4.03. The van der Waals surface area contributed by atoms with E-state index in [1.165, 1.54) is 30.3 Å². The molecule has 1 aromatic heterocycles. The maximum Gasteiger partial charge on any atom is 0.343 e. The molecule has 3 rings (SSSR count). The number of hydrogen-bond donors (Lipinski definition) is 0. The summed E-state index contributed by atoms with van der Waals surface area (Å²) in [4.78, 5) is 34.4. The molecule has 0 bridgehead atoms. The lowest BCUT2D eigenvalue weighted by Gasteiger charge is -2.10. The number of benzene rings is 2. The Balaban J connectivity index is 2.02. The van der Waals surface area contributed by atoms with E-state index in [4.69, 9.17) is 9.15 Å². The first-order chi connectivity index (χ1) is 13.3. The number of rotatable bonds is 5.